The summed E-state index contributed by atoms with van der Waals surface area (Å²) in [5.41, 5.74) is 5.85. The standard InChI is InChI=1S/C23H24N4O/c1-2-4-22-18(3-1)15-23(25-22)17-5-7-21(8-6-17)27-12-9-19(10-13-27)24-16-20-11-14-28-26-20/h1-8,11,14-15,19,24-25H,9-10,12-13,16H2. The van der Waals surface area contributed by atoms with E-state index in [1.54, 1.807) is 6.26 Å². The fraction of sp³-hybridized carbons (Fsp3) is 0.261. The molecule has 1 aliphatic rings. The zero-order chi connectivity index (χ0) is 18.8. The molecule has 2 aromatic heterocycles. The molecule has 5 heteroatoms. The Hall–Kier alpha value is -3.05. The van der Waals surface area contributed by atoms with Gasteiger partial charge in [-0.15, -0.1) is 0 Å². The first-order chi connectivity index (χ1) is 13.8. The zero-order valence-corrected chi connectivity index (χ0v) is 15.8. The summed E-state index contributed by atoms with van der Waals surface area (Å²) < 4.78 is 4.89. The van der Waals surface area contributed by atoms with Crippen LogP contribution in [0.5, 0.6) is 0 Å². The zero-order valence-electron chi connectivity index (χ0n) is 15.8. The number of nitrogens with one attached hydrogen (secondary N) is 2. The van der Waals surface area contributed by atoms with Crippen LogP contribution in [0, 0.1) is 0 Å². The van der Waals surface area contributed by atoms with Crippen molar-refractivity contribution in [2.45, 2.75) is 25.4 Å². The Morgan fingerprint density at radius 3 is 2.61 bits per heavy atom. The number of aromatic amines is 1. The fourth-order valence-corrected chi connectivity index (χ4v) is 4.00. The average molecular weight is 372 g/mol. The van der Waals surface area contributed by atoms with Crippen LogP contribution in [-0.2, 0) is 6.54 Å². The monoisotopic (exact) mass is 372 g/mol. The Bertz CT molecular complexity index is 995. The smallest absolute Gasteiger partial charge is 0.124 e. The SMILES string of the molecule is c1ccc2[nH]c(-c3ccc(N4CCC(NCc5ccon5)CC4)cc3)cc2c1. The first-order valence-electron chi connectivity index (χ1n) is 9.91. The van der Waals surface area contributed by atoms with E-state index in [1.807, 2.05) is 6.07 Å². The number of nitrogens with zero attached hydrogens (tertiary/aromatic N) is 2. The average Bonchev–Trinajstić information content (AvgIpc) is 3.42. The highest BCUT2D eigenvalue weighted by molar-refractivity contribution is 5.85. The molecule has 4 aromatic rings. The van der Waals surface area contributed by atoms with Gasteiger partial charge >= 0.3 is 0 Å². The van der Waals surface area contributed by atoms with Gasteiger partial charge in [-0.05, 0) is 42.7 Å². The third kappa shape index (κ3) is 3.53. The normalized spacial score (nSPS) is 15.4. The molecule has 1 aliphatic heterocycles. The molecule has 28 heavy (non-hydrogen) atoms. The van der Waals surface area contributed by atoms with Crippen molar-refractivity contribution in [1.29, 1.82) is 0 Å². The van der Waals surface area contributed by atoms with Gasteiger partial charge < -0.3 is 19.7 Å². The van der Waals surface area contributed by atoms with Crippen LogP contribution < -0.4 is 10.2 Å². The van der Waals surface area contributed by atoms with E-state index in [9.17, 15) is 0 Å². The maximum Gasteiger partial charge on any atom is 0.124 e. The lowest BCUT2D eigenvalue weighted by Gasteiger charge is -2.34. The number of H-pyrrole nitrogens is 1. The van der Waals surface area contributed by atoms with Crippen LogP contribution in [0.25, 0.3) is 22.2 Å². The van der Waals surface area contributed by atoms with Crippen molar-refractivity contribution in [1.82, 2.24) is 15.5 Å². The topological polar surface area (TPSA) is 57.1 Å². The van der Waals surface area contributed by atoms with Gasteiger partial charge in [-0.25, -0.2) is 0 Å². The number of para-hydroxylation sites is 1. The van der Waals surface area contributed by atoms with Crippen molar-refractivity contribution < 1.29 is 4.52 Å². The molecule has 2 aromatic carbocycles. The molecule has 0 radical (unpaired) electrons. The van der Waals surface area contributed by atoms with Gasteiger partial charge in [-0.2, -0.15) is 0 Å². The Labute approximate surface area is 164 Å². The summed E-state index contributed by atoms with van der Waals surface area (Å²) in [6.45, 7) is 2.92. The number of anilines is 1. The lowest BCUT2D eigenvalue weighted by Crippen LogP contribution is -2.42. The van der Waals surface area contributed by atoms with Gasteiger partial charge in [-0.3, -0.25) is 0 Å². The largest absolute Gasteiger partial charge is 0.371 e. The van der Waals surface area contributed by atoms with Gasteiger partial charge in [0.2, 0.25) is 0 Å². The molecule has 5 nitrogen and oxygen atoms in total. The van der Waals surface area contributed by atoms with Crippen LogP contribution in [-0.4, -0.2) is 29.3 Å². The second kappa shape index (κ2) is 7.52. The van der Waals surface area contributed by atoms with E-state index >= 15 is 0 Å². The first-order valence-corrected chi connectivity index (χ1v) is 9.91. The second-order valence-corrected chi connectivity index (χ2v) is 7.45. The maximum atomic E-state index is 4.89. The number of fused-ring (bicyclic) bond motifs is 1. The Morgan fingerprint density at radius 2 is 1.86 bits per heavy atom. The summed E-state index contributed by atoms with van der Waals surface area (Å²) in [7, 11) is 0. The highest BCUT2D eigenvalue weighted by Gasteiger charge is 2.19. The van der Waals surface area contributed by atoms with Gasteiger partial charge in [-0.1, -0.05) is 35.5 Å². The lowest BCUT2D eigenvalue weighted by molar-refractivity contribution is 0.387. The minimum absolute atomic E-state index is 0.540. The second-order valence-electron chi connectivity index (χ2n) is 7.45. The van der Waals surface area contributed by atoms with Crippen molar-refractivity contribution in [3.63, 3.8) is 0 Å². The summed E-state index contributed by atoms with van der Waals surface area (Å²) in [5, 5.41) is 8.80. The summed E-state index contributed by atoms with van der Waals surface area (Å²) in [4.78, 5) is 5.98. The van der Waals surface area contributed by atoms with Crippen LogP contribution in [0.4, 0.5) is 5.69 Å². The van der Waals surface area contributed by atoms with Crippen molar-refractivity contribution in [2.24, 2.45) is 0 Å². The third-order valence-electron chi connectivity index (χ3n) is 5.63. The number of hydrogen-bond acceptors (Lipinski definition) is 4. The summed E-state index contributed by atoms with van der Waals surface area (Å²) in [5.74, 6) is 0. The van der Waals surface area contributed by atoms with Gasteiger partial charge in [0.15, 0.2) is 0 Å². The molecule has 3 heterocycles. The van der Waals surface area contributed by atoms with E-state index < -0.39 is 0 Å². The molecular formula is C23H24N4O. The summed E-state index contributed by atoms with van der Waals surface area (Å²) in [6, 6.07) is 22.0. The Morgan fingerprint density at radius 1 is 1.04 bits per heavy atom. The molecule has 0 aliphatic carbocycles. The number of hydrogen-bond donors (Lipinski definition) is 2. The van der Waals surface area contributed by atoms with Crippen LogP contribution in [0.3, 0.4) is 0 Å². The van der Waals surface area contributed by atoms with E-state index in [0.717, 1.165) is 38.2 Å². The highest BCUT2D eigenvalue weighted by atomic mass is 16.5. The summed E-state index contributed by atoms with van der Waals surface area (Å²) in [6.07, 6.45) is 3.91. The maximum absolute atomic E-state index is 4.89. The van der Waals surface area contributed by atoms with E-state index in [2.05, 4.69) is 75.0 Å². The molecule has 0 atom stereocenters. The molecule has 1 fully saturated rings. The minimum atomic E-state index is 0.540. The third-order valence-corrected chi connectivity index (χ3v) is 5.63. The van der Waals surface area contributed by atoms with Gasteiger partial charge in [0.05, 0.1) is 5.69 Å². The molecular weight excluding hydrogens is 348 g/mol. The molecule has 0 unspecified atom stereocenters. The molecule has 0 bridgehead atoms. The number of piperidine rings is 1. The quantitative estimate of drug-likeness (QED) is 0.538. The Balaban J connectivity index is 1.20. The van der Waals surface area contributed by atoms with Crippen LogP contribution in [0.1, 0.15) is 18.5 Å². The van der Waals surface area contributed by atoms with Crippen LogP contribution in [0.15, 0.2) is 71.4 Å². The van der Waals surface area contributed by atoms with Crippen molar-refractivity contribution in [3.8, 4) is 11.3 Å². The molecule has 0 spiro atoms. The van der Waals surface area contributed by atoms with Gasteiger partial charge in [0, 0.05) is 54.0 Å². The number of aromatic nitrogens is 2. The van der Waals surface area contributed by atoms with Crippen LogP contribution in [0.2, 0.25) is 0 Å². The molecule has 2 N–H and O–H groups in total. The van der Waals surface area contributed by atoms with Gasteiger partial charge in [0.25, 0.3) is 0 Å². The van der Waals surface area contributed by atoms with E-state index in [-0.39, 0.29) is 0 Å². The van der Waals surface area contributed by atoms with E-state index in [4.69, 9.17) is 4.52 Å². The predicted molar refractivity (Wildman–Crippen MR) is 112 cm³/mol. The molecule has 0 saturated carbocycles. The highest BCUT2D eigenvalue weighted by Crippen LogP contribution is 2.27. The molecule has 5 rings (SSSR count). The molecule has 0 amide bonds. The predicted octanol–water partition coefficient (Wildman–Crippen LogP) is 4.58. The van der Waals surface area contributed by atoms with Gasteiger partial charge in [0.1, 0.15) is 6.26 Å². The van der Waals surface area contributed by atoms with E-state index in [1.165, 1.54) is 27.8 Å². The van der Waals surface area contributed by atoms with Crippen molar-refractivity contribution in [2.75, 3.05) is 18.0 Å². The van der Waals surface area contributed by atoms with E-state index in [0.29, 0.717) is 6.04 Å². The first kappa shape index (κ1) is 17.1. The van der Waals surface area contributed by atoms with Crippen LogP contribution >= 0.6 is 0 Å². The summed E-state index contributed by atoms with van der Waals surface area (Å²) >= 11 is 0. The van der Waals surface area contributed by atoms with Crippen molar-refractivity contribution in [3.05, 3.63) is 72.6 Å². The number of rotatable bonds is 5. The molecule has 1 saturated heterocycles. The Kier molecular flexibility index (Phi) is 4.59. The van der Waals surface area contributed by atoms with Crippen molar-refractivity contribution >= 4 is 16.6 Å². The lowest BCUT2D eigenvalue weighted by atomic mass is 10.0. The molecule has 142 valence electrons. The minimum Gasteiger partial charge on any atom is -0.371 e. The number of benzene rings is 2. The fourth-order valence-electron chi connectivity index (χ4n) is 4.00.